The smallest absolute Gasteiger partial charge is 0.285 e. The first kappa shape index (κ1) is 16.8. The topological polar surface area (TPSA) is 102 Å². The number of halogens is 1. The minimum Gasteiger partial charge on any atom is -0.396 e. The van der Waals surface area contributed by atoms with Gasteiger partial charge in [0.05, 0.1) is 16.7 Å². The van der Waals surface area contributed by atoms with Gasteiger partial charge in [0.1, 0.15) is 5.56 Å². The van der Waals surface area contributed by atoms with Crippen LogP contribution in [0.15, 0.2) is 12.1 Å². The van der Waals surface area contributed by atoms with E-state index in [1.165, 1.54) is 0 Å². The molecule has 0 aliphatic rings. The van der Waals surface area contributed by atoms with Crippen molar-refractivity contribution in [2.45, 2.75) is 19.4 Å². The average Bonchev–Trinajstić information content (AvgIpc) is 2.38. The van der Waals surface area contributed by atoms with Gasteiger partial charge >= 0.3 is 0 Å². The first-order valence-electron chi connectivity index (χ1n) is 6.41. The lowest BCUT2D eigenvalue weighted by atomic mass is 10.1. The molecule has 0 aromatic heterocycles. The predicted molar refractivity (Wildman–Crippen MR) is 77.6 cm³/mol. The van der Waals surface area contributed by atoms with Gasteiger partial charge in [-0.3, -0.25) is 14.9 Å². The molecule has 21 heavy (non-hydrogen) atoms. The van der Waals surface area contributed by atoms with Crippen molar-refractivity contribution in [2.24, 2.45) is 0 Å². The van der Waals surface area contributed by atoms with Crippen LogP contribution in [0.3, 0.4) is 0 Å². The first-order chi connectivity index (χ1) is 9.72. The maximum atomic E-state index is 13.3. The molecule has 7 nitrogen and oxygen atoms in total. The Labute approximate surface area is 122 Å². The van der Waals surface area contributed by atoms with Gasteiger partial charge in [-0.15, -0.1) is 0 Å². The number of nitrogen functional groups attached to an aromatic ring is 1. The highest BCUT2D eigenvalue weighted by molar-refractivity contribution is 5.99. The third-order valence-corrected chi connectivity index (χ3v) is 2.94. The molecular weight excluding hydrogens is 279 g/mol. The van der Waals surface area contributed by atoms with Crippen LogP contribution in [0, 0.1) is 15.9 Å². The molecule has 1 aromatic rings. The third kappa shape index (κ3) is 4.67. The van der Waals surface area contributed by atoms with E-state index in [1.807, 2.05) is 19.0 Å². The van der Waals surface area contributed by atoms with Crippen molar-refractivity contribution < 1.29 is 14.1 Å². The highest BCUT2D eigenvalue weighted by Gasteiger charge is 2.23. The number of hydrogen-bond donors (Lipinski definition) is 2. The van der Waals surface area contributed by atoms with E-state index in [0.29, 0.717) is 12.5 Å². The summed E-state index contributed by atoms with van der Waals surface area (Å²) in [6, 6.07) is 1.47. The van der Waals surface area contributed by atoms with E-state index < -0.39 is 22.3 Å². The quantitative estimate of drug-likeness (QED) is 0.469. The van der Waals surface area contributed by atoms with Crippen LogP contribution in [0.2, 0.25) is 0 Å². The summed E-state index contributed by atoms with van der Waals surface area (Å²) in [5.74, 6) is -1.56. The number of rotatable bonds is 6. The molecule has 0 fully saturated rings. The van der Waals surface area contributed by atoms with E-state index in [0.717, 1.165) is 12.6 Å². The fourth-order valence-corrected chi connectivity index (χ4v) is 1.74. The molecule has 1 atom stereocenters. The van der Waals surface area contributed by atoms with Crippen molar-refractivity contribution in [3.8, 4) is 0 Å². The number of benzene rings is 1. The molecule has 3 N–H and O–H groups in total. The molecule has 0 radical (unpaired) electrons. The molecule has 0 saturated heterocycles. The summed E-state index contributed by atoms with van der Waals surface area (Å²) >= 11 is 0. The average molecular weight is 298 g/mol. The fourth-order valence-electron chi connectivity index (χ4n) is 1.74. The summed E-state index contributed by atoms with van der Waals surface area (Å²) in [4.78, 5) is 24.1. The van der Waals surface area contributed by atoms with Crippen LogP contribution in [-0.2, 0) is 0 Å². The number of nitro groups is 1. The van der Waals surface area contributed by atoms with Crippen LogP contribution in [0.1, 0.15) is 23.7 Å². The van der Waals surface area contributed by atoms with E-state index in [4.69, 9.17) is 5.73 Å². The minimum atomic E-state index is -0.918. The minimum absolute atomic E-state index is 0.175. The highest BCUT2D eigenvalue weighted by Crippen LogP contribution is 2.24. The summed E-state index contributed by atoms with van der Waals surface area (Å²) in [5, 5.41) is 13.5. The van der Waals surface area contributed by atoms with Gasteiger partial charge in [-0.05, 0) is 40.1 Å². The van der Waals surface area contributed by atoms with Gasteiger partial charge in [0.2, 0.25) is 0 Å². The largest absolute Gasteiger partial charge is 0.396 e. The van der Waals surface area contributed by atoms with Gasteiger partial charge in [0.25, 0.3) is 11.6 Å². The molecule has 116 valence electrons. The number of nitro benzene ring substituents is 1. The Kier molecular flexibility index (Phi) is 5.60. The zero-order chi connectivity index (χ0) is 16.2. The fraction of sp³-hybridized carbons (Fsp3) is 0.462. The number of anilines is 1. The van der Waals surface area contributed by atoms with E-state index in [1.54, 1.807) is 6.92 Å². The molecule has 0 saturated carbocycles. The van der Waals surface area contributed by atoms with Crippen molar-refractivity contribution in [1.29, 1.82) is 0 Å². The van der Waals surface area contributed by atoms with E-state index >= 15 is 0 Å². The Hall–Kier alpha value is -2.22. The molecular formula is C13H19FN4O3. The van der Waals surface area contributed by atoms with Gasteiger partial charge in [-0.1, -0.05) is 0 Å². The van der Waals surface area contributed by atoms with Gasteiger partial charge < -0.3 is 16.0 Å². The van der Waals surface area contributed by atoms with Crippen molar-refractivity contribution in [3.63, 3.8) is 0 Å². The monoisotopic (exact) mass is 298 g/mol. The highest BCUT2D eigenvalue weighted by atomic mass is 19.1. The second kappa shape index (κ2) is 6.98. The van der Waals surface area contributed by atoms with Gasteiger partial charge in [-0.2, -0.15) is 0 Å². The molecule has 0 aliphatic carbocycles. The van der Waals surface area contributed by atoms with Crippen molar-refractivity contribution in [2.75, 3.05) is 26.4 Å². The molecule has 8 heteroatoms. The summed E-state index contributed by atoms with van der Waals surface area (Å²) in [7, 11) is 3.81. The maximum Gasteiger partial charge on any atom is 0.285 e. The van der Waals surface area contributed by atoms with Crippen LogP contribution in [0.4, 0.5) is 15.8 Å². The zero-order valence-electron chi connectivity index (χ0n) is 12.2. The lowest BCUT2D eigenvalue weighted by molar-refractivity contribution is -0.385. The summed E-state index contributed by atoms with van der Waals surface area (Å²) in [6.45, 7) is 2.55. The van der Waals surface area contributed by atoms with Gasteiger partial charge in [-0.25, -0.2) is 4.39 Å². The lowest BCUT2D eigenvalue weighted by Crippen LogP contribution is -2.35. The Morgan fingerprint density at radius 2 is 2.14 bits per heavy atom. The predicted octanol–water partition coefficient (Wildman–Crippen LogP) is 1.39. The van der Waals surface area contributed by atoms with E-state index in [-0.39, 0.29) is 17.3 Å². The van der Waals surface area contributed by atoms with Crippen molar-refractivity contribution in [1.82, 2.24) is 10.2 Å². The van der Waals surface area contributed by atoms with Crippen molar-refractivity contribution in [3.05, 3.63) is 33.6 Å². The number of nitrogens with one attached hydrogen (secondary N) is 1. The molecule has 0 spiro atoms. The van der Waals surface area contributed by atoms with E-state index in [2.05, 4.69) is 5.32 Å². The van der Waals surface area contributed by atoms with Crippen LogP contribution in [0.5, 0.6) is 0 Å². The summed E-state index contributed by atoms with van der Waals surface area (Å²) in [5.41, 5.74) is 4.23. The Bertz CT molecular complexity index is 548. The van der Waals surface area contributed by atoms with Crippen LogP contribution in [0.25, 0.3) is 0 Å². The summed E-state index contributed by atoms with van der Waals surface area (Å²) < 4.78 is 13.3. The molecule has 0 bridgehead atoms. The van der Waals surface area contributed by atoms with Crippen molar-refractivity contribution >= 4 is 17.3 Å². The molecule has 1 rings (SSSR count). The SMILES string of the molecule is CC(CCN(C)C)NC(=O)c1cc(N)c(F)cc1[N+](=O)[O-]. The van der Waals surface area contributed by atoms with Gasteiger partial charge in [0, 0.05) is 6.04 Å². The van der Waals surface area contributed by atoms with Crippen LogP contribution in [-0.4, -0.2) is 42.4 Å². The van der Waals surface area contributed by atoms with Crippen LogP contribution >= 0.6 is 0 Å². The molecule has 1 unspecified atom stereocenters. The molecule has 0 heterocycles. The number of hydrogen-bond acceptors (Lipinski definition) is 5. The standard InChI is InChI=1S/C13H19FN4O3/c1-8(4-5-17(2)3)16-13(19)9-6-11(15)10(14)7-12(9)18(20)21/h6-8H,4-5,15H2,1-3H3,(H,16,19). The Morgan fingerprint density at radius 3 is 2.67 bits per heavy atom. The summed E-state index contributed by atoms with van der Waals surface area (Å²) in [6.07, 6.45) is 0.684. The third-order valence-electron chi connectivity index (χ3n) is 2.94. The van der Waals surface area contributed by atoms with E-state index in [9.17, 15) is 19.3 Å². The second-order valence-electron chi connectivity index (χ2n) is 5.11. The lowest BCUT2D eigenvalue weighted by Gasteiger charge is -2.16. The maximum absolute atomic E-state index is 13.3. The van der Waals surface area contributed by atoms with Gasteiger partial charge in [0.15, 0.2) is 5.82 Å². The first-order valence-corrected chi connectivity index (χ1v) is 6.41. The number of nitrogens with two attached hydrogens (primary N) is 1. The Balaban J connectivity index is 2.91. The molecule has 1 aromatic carbocycles. The zero-order valence-corrected chi connectivity index (χ0v) is 12.2. The Morgan fingerprint density at radius 1 is 1.52 bits per heavy atom. The van der Waals surface area contributed by atoms with Crippen LogP contribution < -0.4 is 11.1 Å². The number of nitrogens with zero attached hydrogens (tertiary/aromatic N) is 2. The molecule has 1 amide bonds. The number of carbonyl (C=O) groups is 1. The normalized spacial score (nSPS) is 12.2. The second-order valence-corrected chi connectivity index (χ2v) is 5.11. The number of carbonyl (C=O) groups excluding carboxylic acids is 1. The molecule has 0 aliphatic heterocycles. The number of amides is 1.